The van der Waals surface area contributed by atoms with Crippen LogP contribution in [0.2, 0.25) is 0 Å². The van der Waals surface area contributed by atoms with Crippen molar-refractivity contribution in [3.8, 4) is 6.07 Å². The maximum atomic E-state index is 13.7. The van der Waals surface area contributed by atoms with Crippen LogP contribution in [0.3, 0.4) is 0 Å². The number of nitrogens with zero attached hydrogens (tertiary/aromatic N) is 3. The van der Waals surface area contributed by atoms with Crippen molar-refractivity contribution in [1.82, 2.24) is 4.57 Å². The highest BCUT2D eigenvalue weighted by molar-refractivity contribution is 7.91. The van der Waals surface area contributed by atoms with Crippen molar-refractivity contribution in [2.24, 2.45) is 7.05 Å². The lowest BCUT2D eigenvalue weighted by molar-refractivity contribution is 0.0987. The maximum Gasteiger partial charge on any atom is 0.209 e. The Morgan fingerprint density at radius 3 is 2.47 bits per heavy atom. The average Bonchev–Trinajstić information content (AvgIpc) is 3.08. The fourth-order valence-electron chi connectivity index (χ4n) is 3.95. The maximum absolute atomic E-state index is 13.7. The molecule has 3 aromatic rings. The van der Waals surface area contributed by atoms with Gasteiger partial charge in [0.25, 0.3) is 0 Å². The summed E-state index contributed by atoms with van der Waals surface area (Å²) in [4.78, 5) is 15.0. The van der Waals surface area contributed by atoms with E-state index in [-0.39, 0.29) is 15.5 Å². The summed E-state index contributed by atoms with van der Waals surface area (Å²) >= 11 is 0. The zero-order chi connectivity index (χ0) is 21.3. The third-order valence-corrected chi connectivity index (χ3v) is 7.16. The first kappa shape index (κ1) is 20.1. The number of ether oxygens (including phenoxy) is 1. The number of ketones is 1. The lowest BCUT2D eigenvalue weighted by atomic mass is 10.1. The quantitative estimate of drug-likeness (QED) is 0.586. The molecule has 1 aliphatic rings. The van der Waals surface area contributed by atoms with Gasteiger partial charge in [-0.25, -0.2) is 8.42 Å². The van der Waals surface area contributed by atoms with Crippen molar-refractivity contribution in [3.05, 3.63) is 54.2 Å². The van der Waals surface area contributed by atoms with Crippen molar-refractivity contribution >= 4 is 32.2 Å². The summed E-state index contributed by atoms with van der Waals surface area (Å²) in [5.41, 5.74) is 1.42. The van der Waals surface area contributed by atoms with E-state index in [2.05, 4.69) is 4.90 Å². The van der Waals surface area contributed by atoms with Gasteiger partial charge in [-0.05, 0) is 24.3 Å². The molecular weight excluding hydrogens is 402 g/mol. The standard InChI is InChI=1S/C22H21N3O4S/c1-24-17-8-5-9-18(25-12-14-29-15-13-25)20(17)22(21(24)19(26)10-11-23)30(27,28)16-6-3-2-4-7-16/h2-9H,10,12-15H2,1H3. The molecule has 0 N–H and O–H groups in total. The Balaban J connectivity index is 2.09. The van der Waals surface area contributed by atoms with Crippen LogP contribution in [0, 0.1) is 11.3 Å². The zero-order valence-electron chi connectivity index (χ0n) is 16.5. The van der Waals surface area contributed by atoms with E-state index in [1.165, 1.54) is 12.1 Å². The van der Waals surface area contributed by atoms with Crippen molar-refractivity contribution in [2.45, 2.75) is 16.2 Å². The van der Waals surface area contributed by atoms with E-state index in [1.54, 1.807) is 35.9 Å². The number of aromatic nitrogens is 1. The number of fused-ring (bicyclic) bond motifs is 1. The van der Waals surface area contributed by atoms with E-state index < -0.39 is 22.0 Å². The third kappa shape index (κ3) is 3.26. The van der Waals surface area contributed by atoms with Crippen LogP contribution in [-0.4, -0.2) is 45.1 Å². The van der Waals surface area contributed by atoms with Crippen LogP contribution in [0.25, 0.3) is 10.9 Å². The Hall–Kier alpha value is -3.15. The molecule has 0 bridgehead atoms. The normalized spacial score (nSPS) is 14.6. The molecule has 7 nitrogen and oxygen atoms in total. The highest BCUT2D eigenvalue weighted by atomic mass is 32.2. The predicted molar refractivity (Wildman–Crippen MR) is 112 cm³/mol. The molecule has 0 atom stereocenters. The average molecular weight is 423 g/mol. The van der Waals surface area contributed by atoms with Gasteiger partial charge in [0, 0.05) is 31.2 Å². The fourth-order valence-corrected chi connectivity index (χ4v) is 5.68. The topological polar surface area (TPSA) is 92.4 Å². The number of rotatable bonds is 5. The minimum Gasteiger partial charge on any atom is -0.378 e. The van der Waals surface area contributed by atoms with Crippen LogP contribution in [0.1, 0.15) is 16.9 Å². The molecule has 0 unspecified atom stereocenters. The van der Waals surface area contributed by atoms with Crippen molar-refractivity contribution in [1.29, 1.82) is 5.26 Å². The Kier molecular flexibility index (Phi) is 5.33. The number of hydrogen-bond donors (Lipinski definition) is 0. The number of carbonyl (C=O) groups excluding carboxylic acids is 1. The van der Waals surface area contributed by atoms with Gasteiger partial charge in [0.15, 0.2) is 5.78 Å². The van der Waals surface area contributed by atoms with Crippen molar-refractivity contribution in [3.63, 3.8) is 0 Å². The van der Waals surface area contributed by atoms with Crippen LogP contribution in [0.4, 0.5) is 5.69 Å². The molecule has 0 spiro atoms. The Bertz CT molecular complexity index is 1250. The molecule has 8 heteroatoms. The Morgan fingerprint density at radius 1 is 1.10 bits per heavy atom. The van der Waals surface area contributed by atoms with E-state index in [4.69, 9.17) is 10.00 Å². The number of hydrogen-bond acceptors (Lipinski definition) is 6. The number of nitriles is 1. The largest absolute Gasteiger partial charge is 0.378 e. The third-order valence-electron chi connectivity index (χ3n) is 5.34. The van der Waals surface area contributed by atoms with Gasteiger partial charge in [0.2, 0.25) is 9.84 Å². The molecule has 1 aromatic heterocycles. The molecule has 2 aromatic carbocycles. The van der Waals surface area contributed by atoms with E-state index in [9.17, 15) is 13.2 Å². The molecule has 30 heavy (non-hydrogen) atoms. The molecule has 1 aliphatic heterocycles. The lowest BCUT2D eigenvalue weighted by Gasteiger charge is -2.29. The van der Waals surface area contributed by atoms with Gasteiger partial charge in [0.05, 0.1) is 29.7 Å². The van der Waals surface area contributed by atoms with E-state index in [0.29, 0.717) is 37.2 Å². The van der Waals surface area contributed by atoms with Crippen molar-refractivity contribution in [2.75, 3.05) is 31.2 Å². The summed E-state index contributed by atoms with van der Waals surface area (Å²) in [6, 6.07) is 15.4. The van der Waals surface area contributed by atoms with Gasteiger partial charge >= 0.3 is 0 Å². The summed E-state index contributed by atoms with van der Waals surface area (Å²) in [6.45, 7) is 2.34. The number of aryl methyl sites for hydroxylation is 1. The minimum absolute atomic E-state index is 0.0338. The molecule has 4 rings (SSSR count). The highest BCUT2D eigenvalue weighted by Gasteiger charge is 2.33. The smallest absolute Gasteiger partial charge is 0.209 e. The lowest BCUT2D eigenvalue weighted by Crippen LogP contribution is -2.36. The summed E-state index contributed by atoms with van der Waals surface area (Å²) in [5.74, 6) is -0.515. The van der Waals surface area contributed by atoms with Crippen LogP contribution in [0.5, 0.6) is 0 Å². The van der Waals surface area contributed by atoms with E-state index >= 15 is 0 Å². The van der Waals surface area contributed by atoms with Gasteiger partial charge in [-0.15, -0.1) is 0 Å². The van der Waals surface area contributed by atoms with E-state index in [0.717, 1.165) is 5.69 Å². The molecule has 2 heterocycles. The fraction of sp³-hybridized carbons (Fsp3) is 0.273. The number of carbonyl (C=O) groups is 1. The van der Waals surface area contributed by atoms with Gasteiger partial charge in [0.1, 0.15) is 17.0 Å². The number of benzene rings is 2. The number of Topliss-reactive ketones (excluding diaryl/α,β-unsaturated/α-hetero) is 1. The SMILES string of the molecule is Cn1c(C(=O)CC#N)c(S(=O)(=O)c2ccccc2)c2c(N3CCOCC3)cccc21. The molecule has 1 fully saturated rings. The predicted octanol–water partition coefficient (Wildman–Crippen LogP) is 2.94. The molecule has 0 saturated carbocycles. The zero-order valence-corrected chi connectivity index (χ0v) is 17.4. The van der Waals surface area contributed by atoms with Gasteiger partial charge in [-0.3, -0.25) is 4.79 Å². The van der Waals surface area contributed by atoms with Crippen molar-refractivity contribution < 1.29 is 17.9 Å². The van der Waals surface area contributed by atoms with Crippen LogP contribution < -0.4 is 4.90 Å². The summed E-state index contributed by atoms with van der Waals surface area (Å²) in [6.07, 6.45) is -0.394. The Labute approximate surface area is 175 Å². The molecule has 0 aliphatic carbocycles. The van der Waals surface area contributed by atoms with E-state index in [1.807, 2.05) is 18.2 Å². The molecule has 0 amide bonds. The molecular formula is C22H21N3O4S. The highest BCUT2D eigenvalue weighted by Crippen LogP contribution is 2.40. The molecule has 0 radical (unpaired) electrons. The first-order valence-electron chi connectivity index (χ1n) is 9.61. The molecule has 154 valence electrons. The molecule has 1 saturated heterocycles. The minimum atomic E-state index is -4.01. The first-order chi connectivity index (χ1) is 14.5. The second-order valence-corrected chi connectivity index (χ2v) is 8.97. The van der Waals surface area contributed by atoms with Crippen LogP contribution in [-0.2, 0) is 21.6 Å². The van der Waals surface area contributed by atoms with Gasteiger partial charge in [-0.1, -0.05) is 24.3 Å². The summed E-state index contributed by atoms with van der Waals surface area (Å²) < 4.78 is 34.5. The Morgan fingerprint density at radius 2 is 1.80 bits per heavy atom. The summed E-state index contributed by atoms with van der Waals surface area (Å²) in [7, 11) is -2.34. The van der Waals surface area contributed by atoms with Crippen LogP contribution in [0.15, 0.2) is 58.3 Å². The monoisotopic (exact) mass is 423 g/mol. The number of morpholine rings is 1. The summed E-state index contributed by atoms with van der Waals surface area (Å²) in [5, 5.41) is 9.59. The second-order valence-electron chi connectivity index (χ2n) is 7.08. The second kappa shape index (κ2) is 7.94. The van der Waals surface area contributed by atoms with Crippen LogP contribution >= 0.6 is 0 Å². The first-order valence-corrected chi connectivity index (χ1v) is 11.1. The van der Waals surface area contributed by atoms with Gasteiger partial charge < -0.3 is 14.2 Å². The number of sulfone groups is 1. The number of anilines is 1. The van der Waals surface area contributed by atoms with Gasteiger partial charge in [-0.2, -0.15) is 5.26 Å².